The number of amides is 1. The van der Waals surface area contributed by atoms with Crippen LogP contribution in [0.3, 0.4) is 0 Å². The minimum Gasteiger partial charge on any atom is -0.409 e. The molecular weight excluding hydrogens is 253 g/mol. The first kappa shape index (κ1) is 12.6. The van der Waals surface area contributed by atoms with Crippen molar-refractivity contribution in [1.82, 2.24) is 10.2 Å². The van der Waals surface area contributed by atoms with Gasteiger partial charge in [-0.05, 0) is 12.1 Å². The van der Waals surface area contributed by atoms with Crippen LogP contribution in [0.1, 0.15) is 15.9 Å². The molecule has 0 aliphatic rings. The molecule has 0 unspecified atom stereocenters. The van der Waals surface area contributed by atoms with E-state index >= 15 is 0 Å². The number of hydrogen-bond donors (Lipinski definition) is 4. The molecule has 5 N–H and O–H groups in total. The third-order valence-corrected chi connectivity index (χ3v) is 2.38. The molecule has 2 aromatic rings. The van der Waals surface area contributed by atoms with Gasteiger partial charge in [0, 0.05) is 0 Å². The summed E-state index contributed by atoms with van der Waals surface area (Å²) >= 11 is 0. The Kier molecular flexibility index (Phi) is 3.42. The molecule has 1 amide bonds. The fraction of sp³-hybridized carbons (Fsp3) is 0. The molecule has 0 aliphatic carbocycles. The molecule has 0 bridgehead atoms. The van der Waals surface area contributed by atoms with Crippen LogP contribution in [-0.4, -0.2) is 27.1 Å². The Morgan fingerprint density at radius 2 is 2.16 bits per heavy atom. The van der Waals surface area contributed by atoms with Gasteiger partial charge in [0.25, 0.3) is 5.91 Å². The van der Waals surface area contributed by atoms with Gasteiger partial charge in [0.05, 0.1) is 17.3 Å². The predicted octanol–water partition coefficient (Wildman–Crippen LogP) is 0.896. The average Bonchev–Trinajstić information content (AvgIpc) is 2.86. The summed E-state index contributed by atoms with van der Waals surface area (Å²) in [6.45, 7) is 0. The molecule has 0 spiro atoms. The molecule has 0 radical (unpaired) electrons. The van der Waals surface area contributed by atoms with Gasteiger partial charge < -0.3 is 16.3 Å². The van der Waals surface area contributed by atoms with Crippen molar-refractivity contribution in [3.8, 4) is 0 Å². The van der Waals surface area contributed by atoms with Gasteiger partial charge in [-0.25, -0.2) is 4.39 Å². The van der Waals surface area contributed by atoms with Crippen LogP contribution in [-0.2, 0) is 0 Å². The van der Waals surface area contributed by atoms with Crippen LogP contribution in [0, 0.1) is 5.82 Å². The smallest absolute Gasteiger partial charge is 0.259 e. The topological polar surface area (TPSA) is 116 Å². The van der Waals surface area contributed by atoms with E-state index in [4.69, 9.17) is 10.9 Å². The molecule has 0 fully saturated rings. The Labute approximate surface area is 106 Å². The van der Waals surface area contributed by atoms with E-state index in [1.165, 1.54) is 30.5 Å². The number of nitrogens with one attached hydrogen (secondary N) is 2. The van der Waals surface area contributed by atoms with Gasteiger partial charge in [0.15, 0.2) is 5.84 Å². The average molecular weight is 263 g/mol. The zero-order valence-corrected chi connectivity index (χ0v) is 9.59. The van der Waals surface area contributed by atoms with Crippen LogP contribution in [0.4, 0.5) is 10.2 Å². The highest BCUT2D eigenvalue weighted by Crippen LogP contribution is 2.13. The Balaban J connectivity index is 2.26. The summed E-state index contributed by atoms with van der Waals surface area (Å²) in [7, 11) is 0. The highest BCUT2D eigenvalue weighted by molar-refractivity contribution is 6.08. The van der Waals surface area contributed by atoms with E-state index in [0.29, 0.717) is 0 Å². The first-order chi connectivity index (χ1) is 9.13. The van der Waals surface area contributed by atoms with Gasteiger partial charge in [-0.3, -0.25) is 9.89 Å². The van der Waals surface area contributed by atoms with E-state index in [2.05, 4.69) is 20.7 Å². The molecule has 1 aromatic heterocycles. The van der Waals surface area contributed by atoms with Gasteiger partial charge >= 0.3 is 0 Å². The molecule has 1 heterocycles. The van der Waals surface area contributed by atoms with Crippen molar-refractivity contribution in [2.75, 3.05) is 5.32 Å². The molecule has 0 aliphatic heterocycles. The Morgan fingerprint density at radius 3 is 2.84 bits per heavy atom. The number of oxime groups is 1. The molecule has 2 rings (SSSR count). The standard InChI is InChI=1S/C11H10FN5O2/c12-8-4-2-1-3-6(8)11(18)15-10-7(5-14-16-10)9(13)17-19/h1-5,19H,(H2,13,17)(H2,14,15,16,18). The van der Waals surface area contributed by atoms with Crippen LogP contribution >= 0.6 is 0 Å². The Bertz CT molecular complexity index is 638. The Morgan fingerprint density at radius 1 is 1.42 bits per heavy atom. The van der Waals surface area contributed by atoms with Crippen molar-refractivity contribution in [2.45, 2.75) is 0 Å². The number of nitrogens with two attached hydrogens (primary N) is 1. The minimum absolute atomic E-state index is 0.114. The first-order valence-electron chi connectivity index (χ1n) is 5.20. The number of H-pyrrole nitrogens is 1. The summed E-state index contributed by atoms with van der Waals surface area (Å²) in [6, 6.07) is 5.52. The molecule has 1 aromatic carbocycles. The summed E-state index contributed by atoms with van der Waals surface area (Å²) in [5.74, 6) is -1.43. The highest BCUT2D eigenvalue weighted by atomic mass is 19.1. The lowest BCUT2D eigenvalue weighted by Gasteiger charge is -2.05. The summed E-state index contributed by atoms with van der Waals surface area (Å²) in [4.78, 5) is 11.9. The molecule has 0 saturated carbocycles. The third-order valence-electron chi connectivity index (χ3n) is 2.38. The number of carbonyl (C=O) groups excluding carboxylic acids is 1. The number of halogens is 1. The second-order valence-electron chi connectivity index (χ2n) is 3.58. The zero-order chi connectivity index (χ0) is 13.8. The lowest BCUT2D eigenvalue weighted by molar-refractivity contribution is 0.102. The minimum atomic E-state index is -0.672. The number of carbonyl (C=O) groups is 1. The second kappa shape index (κ2) is 5.17. The van der Waals surface area contributed by atoms with Gasteiger partial charge in [-0.15, -0.1) is 0 Å². The van der Waals surface area contributed by atoms with Crippen molar-refractivity contribution >= 4 is 17.6 Å². The SMILES string of the molecule is NC(=NO)c1cn[nH]c1NC(=O)c1ccccc1F. The van der Waals surface area contributed by atoms with Crippen LogP contribution in [0.5, 0.6) is 0 Å². The number of aromatic nitrogens is 2. The van der Waals surface area contributed by atoms with E-state index < -0.39 is 11.7 Å². The van der Waals surface area contributed by atoms with Gasteiger partial charge in [0.2, 0.25) is 0 Å². The molecule has 98 valence electrons. The number of amidine groups is 1. The number of aromatic amines is 1. The van der Waals surface area contributed by atoms with E-state index in [0.717, 1.165) is 0 Å². The van der Waals surface area contributed by atoms with Crippen LogP contribution in [0.2, 0.25) is 0 Å². The van der Waals surface area contributed by atoms with Crippen molar-refractivity contribution in [3.05, 3.63) is 47.4 Å². The monoisotopic (exact) mass is 263 g/mol. The van der Waals surface area contributed by atoms with Crippen LogP contribution < -0.4 is 11.1 Å². The van der Waals surface area contributed by atoms with Gasteiger partial charge in [0.1, 0.15) is 11.6 Å². The first-order valence-corrected chi connectivity index (χ1v) is 5.20. The van der Waals surface area contributed by atoms with Crippen LogP contribution in [0.15, 0.2) is 35.6 Å². The zero-order valence-electron chi connectivity index (χ0n) is 9.59. The normalized spacial score (nSPS) is 11.3. The molecule has 7 nitrogen and oxygen atoms in total. The van der Waals surface area contributed by atoms with Crippen molar-refractivity contribution in [2.24, 2.45) is 10.9 Å². The van der Waals surface area contributed by atoms with Gasteiger partial charge in [-0.1, -0.05) is 17.3 Å². The molecular formula is C11H10FN5O2. The van der Waals surface area contributed by atoms with Gasteiger partial charge in [-0.2, -0.15) is 5.10 Å². The van der Waals surface area contributed by atoms with E-state index in [-0.39, 0.29) is 22.8 Å². The predicted molar refractivity (Wildman–Crippen MR) is 65.5 cm³/mol. The maximum Gasteiger partial charge on any atom is 0.259 e. The maximum atomic E-state index is 13.4. The van der Waals surface area contributed by atoms with E-state index in [1.54, 1.807) is 0 Å². The number of anilines is 1. The number of hydrogen-bond acceptors (Lipinski definition) is 4. The van der Waals surface area contributed by atoms with Crippen molar-refractivity contribution in [1.29, 1.82) is 0 Å². The highest BCUT2D eigenvalue weighted by Gasteiger charge is 2.15. The fourth-order valence-electron chi connectivity index (χ4n) is 1.46. The van der Waals surface area contributed by atoms with Crippen LogP contribution in [0.25, 0.3) is 0 Å². The molecule has 19 heavy (non-hydrogen) atoms. The van der Waals surface area contributed by atoms with E-state index in [9.17, 15) is 9.18 Å². The summed E-state index contributed by atoms with van der Waals surface area (Å²) in [5.41, 5.74) is 5.48. The molecule has 0 saturated heterocycles. The van der Waals surface area contributed by atoms with Crippen molar-refractivity contribution in [3.63, 3.8) is 0 Å². The summed E-state index contributed by atoms with van der Waals surface area (Å²) < 4.78 is 13.4. The van der Waals surface area contributed by atoms with Crippen molar-refractivity contribution < 1.29 is 14.4 Å². The van der Waals surface area contributed by atoms with E-state index in [1.807, 2.05) is 0 Å². The largest absolute Gasteiger partial charge is 0.409 e. The number of benzene rings is 1. The maximum absolute atomic E-state index is 13.4. The molecule has 8 heteroatoms. The third kappa shape index (κ3) is 2.51. The number of rotatable bonds is 3. The quantitative estimate of drug-likeness (QED) is 0.285. The fourth-order valence-corrected chi connectivity index (χ4v) is 1.46. The second-order valence-corrected chi connectivity index (χ2v) is 3.58. The Hall–Kier alpha value is -2.90. The number of nitrogens with zero attached hydrogens (tertiary/aromatic N) is 2. The lowest BCUT2D eigenvalue weighted by atomic mass is 10.2. The summed E-state index contributed by atoms with van der Waals surface area (Å²) in [6.07, 6.45) is 1.27. The summed E-state index contributed by atoms with van der Waals surface area (Å²) in [5, 5.41) is 19.9. The molecule has 0 atom stereocenters. The lowest BCUT2D eigenvalue weighted by Crippen LogP contribution is -2.19.